The Morgan fingerprint density at radius 2 is 1.76 bits per heavy atom. The van der Waals surface area contributed by atoms with Crippen molar-refractivity contribution in [2.75, 3.05) is 13.7 Å². The fraction of sp³-hybridized carbons (Fsp3) is 0.174. The number of fused-ring (bicyclic) bond motifs is 1. The molecule has 1 unspecified atom stereocenters. The summed E-state index contributed by atoms with van der Waals surface area (Å²) in [6.45, 7) is 0.988. The normalized spacial score (nSPS) is 17.6. The van der Waals surface area contributed by atoms with Gasteiger partial charge in [-0.2, -0.15) is 0 Å². The molecule has 10 nitrogen and oxygen atoms in total. The lowest BCUT2D eigenvalue weighted by atomic mass is 9.92. The topological polar surface area (TPSA) is 130 Å². The number of hydrogen-bond donors (Lipinski definition) is 3. The number of rotatable bonds is 5. The van der Waals surface area contributed by atoms with E-state index in [4.69, 9.17) is 4.74 Å². The summed E-state index contributed by atoms with van der Waals surface area (Å²) in [6, 6.07) is 16.5. The third kappa shape index (κ3) is 4.18. The number of imide groups is 1. The van der Waals surface area contributed by atoms with Crippen LogP contribution in [0.25, 0.3) is 10.9 Å². The molecule has 1 fully saturated rings. The first-order valence-corrected chi connectivity index (χ1v) is 10.1. The van der Waals surface area contributed by atoms with E-state index in [-0.39, 0.29) is 5.69 Å². The lowest BCUT2D eigenvalue weighted by Gasteiger charge is -2.22. The zero-order chi connectivity index (χ0) is 23.6. The van der Waals surface area contributed by atoms with Gasteiger partial charge in [0.05, 0.1) is 12.6 Å². The molecule has 5 amide bonds. The molecular formula is C23H21N5O5. The van der Waals surface area contributed by atoms with Crippen LogP contribution in [-0.4, -0.2) is 47.3 Å². The number of pyridine rings is 1. The van der Waals surface area contributed by atoms with E-state index in [0.29, 0.717) is 16.8 Å². The SMILES string of the molecule is COc1ccc(C2(C)NC(=O)N(CC(=O)NNC(=O)c3ccc4ccccc4n3)C2=O)cc1. The number of nitrogens with zero attached hydrogens (tertiary/aromatic N) is 2. The second kappa shape index (κ2) is 8.58. The molecule has 0 saturated carbocycles. The maximum absolute atomic E-state index is 12.9. The Morgan fingerprint density at radius 1 is 1.03 bits per heavy atom. The van der Waals surface area contributed by atoms with Crippen LogP contribution in [-0.2, 0) is 15.1 Å². The summed E-state index contributed by atoms with van der Waals surface area (Å²) >= 11 is 0. The number of ether oxygens (including phenoxy) is 1. The zero-order valence-corrected chi connectivity index (χ0v) is 17.9. The van der Waals surface area contributed by atoms with Crippen molar-refractivity contribution in [3.05, 3.63) is 71.9 Å². The second-order valence-corrected chi connectivity index (χ2v) is 7.57. The van der Waals surface area contributed by atoms with Crippen molar-refractivity contribution in [3.63, 3.8) is 0 Å². The third-order valence-corrected chi connectivity index (χ3v) is 5.39. The number of urea groups is 1. The Kier molecular flexibility index (Phi) is 5.65. The number of para-hydroxylation sites is 1. The first-order valence-electron chi connectivity index (χ1n) is 10.1. The highest BCUT2D eigenvalue weighted by molar-refractivity contribution is 6.09. The first kappa shape index (κ1) is 21.8. The second-order valence-electron chi connectivity index (χ2n) is 7.57. The van der Waals surface area contributed by atoms with Gasteiger partial charge in [-0.1, -0.05) is 36.4 Å². The first-order chi connectivity index (χ1) is 15.8. The molecule has 2 heterocycles. The van der Waals surface area contributed by atoms with Crippen LogP contribution in [0.5, 0.6) is 5.75 Å². The lowest BCUT2D eigenvalue weighted by Crippen LogP contribution is -2.48. The molecule has 1 saturated heterocycles. The van der Waals surface area contributed by atoms with Gasteiger partial charge in [-0.3, -0.25) is 30.1 Å². The standard InChI is InChI=1S/C23H21N5O5/c1-23(15-8-10-16(33-2)11-9-15)21(31)28(22(32)25-23)13-19(29)26-27-20(30)18-12-7-14-5-3-4-6-17(14)24-18/h3-12H,13H2,1-2H3,(H,25,32)(H,26,29)(H,27,30). The molecule has 1 aliphatic rings. The third-order valence-electron chi connectivity index (χ3n) is 5.39. The van der Waals surface area contributed by atoms with Gasteiger partial charge in [-0.15, -0.1) is 0 Å². The van der Waals surface area contributed by atoms with Gasteiger partial charge in [0.2, 0.25) is 0 Å². The molecule has 3 N–H and O–H groups in total. The molecule has 0 aliphatic carbocycles. The molecule has 1 aromatic heterocycles. The smallest absolute Gasteiger partial charge is 0.325 e. The molecule has 2 aromatic carbocycles. The summed E-state index contributed by atoms with van der Waals surface area (Å²) in [5.74, 6) is -1.36. The highest BCUT2D eigenvalue weighted by atomic mass is 16.5. The van der Waals surface area contributed by atoms with E-state index in [1.54, 1.807) is 49.4 Å². The summed E-state index contributed by atoms with van der Waals surface area (Å²) in [4.78, 5) is 55.1. The van der Waals surface area contributed by atoms with E-state index in [9.17, 15) is 19.2 Å². The fourth-order valence-electron chi connectivity index (χ4n) is 3.53. The fourth-order valence-corrected chi connectivity index (χ4v) is 3.53. The maximum atomic E-state index is 12.9. The highest BCUT2D eigenvalue weighted by Crippen LogP contribution is 2.29. The number of amides is 5. The molecule has 4 rings (SSSR count). The summed E-state index contributed by atoms with van der Waals surface area (Å²) in [5.41, 5.74) is 4.41. The van der Waals surface area contributed by atoms with Gasteiger partial charge >= 0.3 is 6.03 Å². The maximum Gasteiger partial charge on any atom is 0.325 e. The summed E-state index contributed by atoms with van der Waals surface area (Å²) in [5, 5.41) is 3.49. The average molecular weight is 447 g/mol. The van der Waals surface area contributed by atoms with Crippen LogP contribution < -0.4 is 20.9 Å². The van der Waals surface area contributed by atoms with Gasteiger partial charge in [-0.05, 0) is 36.8 Å². The molecule has 1 atom stereocenters. The van der Waals surface area contributed by atoms with Gasteiger partial charge in [0.1, 0.15) is 23.5 Å². The minimum atomic E-state index is -1.33. The van der Waals surface area contributed by atoms with Gasteiger partial charge in [0.25, 0.3) is 17.7 Å². The number of nitrogens with one attached hydrogen (secondary N) is 3. The Morgan fingerprint density at radius 3 is 2.48 bits per heavy atom. The highest BCUT2D eigenvalue weighted by Gasteiger charge is 2.49. The summed E-state index contributed by atoms with van der Waals surface area (Å²) < 4.78 is 5.11. The molecule has 10 heteroatoms. The van der Waals surface area contributed by atoms with Crippen molar-refractivity contribution in [1.82, 2.24) is 26.1 Å². The Balaban J connectivity index is 1.38. The van der Waals surface area contributed by atoms with Crippen LogP contribution in [0, 0.1) is 0 Å². The number of methoxy groups -OCH3 is 1. The molecule has 33 heavy (non-hydrogen) atoms. The number of carbonyl (C=O) groups excluding carboxylic acids is 4. The Hall–Kier alpha value is -4.47. The number of carbonyl (C=O) groups is 4. The van der Waals surface area contributed by atoms with Gasteiger partial charge < -0.3 is 10.1 Å². The summed E-state index contributed by atoms with van der Waals surface area (Å²) in [6.07, 6.45) is 0. The Labute approximate surface area is 188 Å². The van der Waals surface area contributed by atoms with Crippen LogP contribution in [0.15, 0.2) is 60.7 Å². The number of benzene rings is 2. The van der Waals surface area contributed by atoms with E-state index in [1.807, 2.05) is 12.1 Å². The van der Waals surface area contributed by atoms with Crippen LogP contribution in [0.1, 0.15) is 23.0 Å². The van der Waals surface area contributed by atoms with Crippen molar-refractivity contribution < 1.29 is 23.9 Å². The number of aromatic nitrogens is 1. The monoisotopic (exact) mass is 447 g/mol. The van der Waals surface area contributed by atoms with E-state index in [2.05, 4.69) is 21.2 Å². The van der Waals surface area contributed by atoms with Crippen molar-refractivity contribution in [2.24, 2.45) is 0 Å². The minimum absolute atomic E-state index is 0.107. The number of hydrogen-bond acceptors (Lipinski definition) is 6. The van der Waals surface area contributed by atoms with Crippen molar-refractivity contribution >= 4 is 34.7 Å². The molecule has 0 radical (unpaired) electrons. The Bertz CT molecular complexity index is 1260. The predicted molar refractivity (Wildman–Crippen MR) is 118 cm³/mol. The number of hydrazine groups is 1. The van der Waals surface area contributed by atoms with E-state index in [1.165, 1.54) is 13.2 Å². The summed E-state index contributed by atoms with van der Waals surface area (Å²) in [7, 11) is 1.52. The van der Waals surface area contributed by atoms with E-state index in [0.717, 1.165) is 10.3 Å². The predicted octanol–water partition coefficient (Wildman–Crippen LogP) is 1.47. The molecule has 0 bridgehead atoms. The molecule has 168 valence electrons. The largest absolute Gasteiger partial charge is 0.497 e. The van der Waals surface area contributed by atoms with Gasteiger partial charge in [0.15, 0.2) is 0 Å². The molecule has 1 aliphatic heterocycles. The van der Waals surface area contributed by atoms with E-state index >= 15 is 0 Å². The van der Waals surface area contributed by atoms with E-state index < -0.39 is 35.8 Å². The molecule has 0 spiro atoms. The molecular weight excluding hydrogens is 426 g/mol. The average Bonchev–Trinajstić information content (AvgIpc) is 3.06. The lowest BCUT2D eigenvalue weighted by molar-refractivity contribution is -0.135. The van der Waals surface area contributed by atoms with Gasteiger partial charge in [0, 0.05) is 5.39 Å². The van der Waals surface area contributed by atoms with Crippen LogP contribution in [0.2, 0.25) is 0 Å². The quantitative estimate of drug-likeness (QED) is 0.401. The van der Waals surface area contributed by atoms with Crippen LogP contribution >= 0.6 is 0 Å². The van der Waals surface area contributed by atoms with Crippen molar-refractivity contribution in [2.45, 2.75) is 12.5 Å². The van der Waals surface area contributed by atoms with Gasteiger partial charge in [-0.25, -0.2) is 9.78 Å². The van der Waals surface area contributed by atoms with Crippen LogP contribution in [0.4, 0.5) is 4.79 Å². The zero-order valence-electron chi connectivity index (χ0n) is 17.9. The van der Waals surface area contributed by atoms with Crippen molar-refractivity contribution in [3.8, 4) is 5.75 Å². The minimum Gasteiger partial charge on any atom is -0.497 e. The van der Waals surface area contributed by atoms with Crippen LogP contribution in [0.3, 0.4) is 0 Å². The molecule has 3 aromatic rings. The van der Waals surface area contributed by atoms with Crippen molar-refractivity contribution in [1.29, 1.82) is 0 Å².